The van der Waals surface area contributed by atoms with E-state index in [9.17, 15) is 4.39 Å². The summed E-state index contributed by atoms with van der Waals surface area (Å²) in [6.07, 6.45) is 2.21. The van der Waals surface area contributed by atoms with Gasteiger partial charge in [-0.25, -0.2) is 9.37 Å². The molecule has 1 aromatic carbocycles. The van der Waals surface area contributed by atoms with E-state index in [0.717, 1.165) is 23.5 Å². The molecule has 5 heteroatoms. The monoisotopic (exact) mass is 274 g/mol. The van der Waals surface area contributed by atoms with Gasteiger partial charge in [0, 0.05) is 5.92 Å². The fourth-order valence-electron chi connectivity index (χ4n) is 1.85. The number of hydrogen-bond donors (Lipinski definition) is 0. The lowest BCUT2D eigenvalue weighted by molar-refractivity contribution is 0.289. The molecule has 1 aliphatic carbocycles. The third-order valence-corrected chi connectivity index (χ3v) is 3.90. The summed E-state index contributed by atoms with van der Waals surface area (Å²) in [5, 5.41) is 9.78. The predicted molar refractivity (Wildman–Crippen MR) is 69.5 cm³/mol. The minimum Gasteiger partial charge on any atom is -0.483 e. The highest BCUT2D eigenvalue weighted by Crippen LogP contribution is 2.42. The molecule has 0 radical (unpaired) electrons. The summed E-state index contributed by atoms with van der Waals surface area (Å²) in [6, 6.07) is 8.44. The van der Waals surface area contributed by atoms with Crippen molar-refractivity contribution in [1.82, 2.24) is 4.98 Å². The molecule has 2 aromatic rings. The molecular formula is C14H11FN2OS. The average Bonchev–Trinajstić information content (AvgIpc) is 3.18. The standard InChI is InChI=1S/C14H11FN2OS/c15-10-3-1-2-4-11(10)18-8-13-17-14(9-5-6-9)12(7-16)19-13/h1-4,9H,5-6,8H2. The van der Waals surface area contributed by atoms with Gasteiger partial charge in [-0.05, 0) is 25.0 Å². The maximum absolute atomic E-state index is 13.4. The van der Waals surface area contributed by atoms with Crippen LogP contribution in [0.25, 0.3) is 0 Å². The Kier molecular flexibility index (Phi) is 3.18. The van der Waals surface area contributed by atoms with E-state index in [4.69, 9.17) is 10.00 Å². The number of para-hydroxylation sites is 1. The maximum atomic E-state index is 13.4. The number of benzene rings is 1. The summed E-state index contributed by atoms with van der Waals surface area (Å²) >= 11 is 1.33. The van der Waals surface area contributed by atoms with Gasteiger partial charge in [-0.2, -0.15) is 5.26 Å². The minimum absolute atomic E-state index is 0.201. The maximum Gasteiger partial charge on any atom is 0.165 e. The average molecular weight is 274 g/mol. The van der Waals surface area contributed by atoms with Crippen molar-refractivity contribution >= 4 is 11.3 Å². The summed E-state index contributed by atoms with van der Waals surface area (Å²) in [7, 11) is 0. The summed E-state index contributed by atoms with van der Waals surface area (Å²) in [5.41, 5.74) is 0.889. The van der Waals surface area contributed by atoms with Gasteiger partial charge in [-0.3, -0.25) is 0 Å². The first-order valence-corrected chi connectivity index (χ1v) is 6.86. The minimum atomic E-state index is -0.387. The van der Waals surface area contributed by atoms with Crippen LogP contribution >= 0.6 is 11.3 Å². The summed E-state index contributed by atoms with van der Waals surface area (Å²) in [4.78, 5) is 5.10. The molecule has 19 heavy (non-hydrogen) atoms. The van der Waals surface area contributed by atoms with Crippen LogP contribution in [-0.2, 0) is 6.61 Å². The molecule has 1 saturated carbocycles. The molecule has 1 aromatic heterocycles. The molecule has 0 bridgehead atoms. The number of aromatic nitrogens is 1. The highest BCUT2D eigenvalue weighted by Gasteiger charge is 2.29. The topological polar surface area (TPSA) is 45.9 Å². The number of hydrogen-bond acceptors (Lipinski definition) is 4. The van der Waals surface area contributed by atoms with Crippen LogP contribution in [0.3, 0.4) is 0 Å². The zero-order valence-electron chi connectivity index (χ0n) is 10.1. The summed E-state index contributed by atoms with van der Waals surface area (Å²) in [5.74, 6) is 0.263. The van der Waals surface area contributed by atoms with Crippen molar-refractivity contribution in [2.24, 2.45) is 0 Å². The number of halogens is 1. The van der Waals surface area contributed by atoms with Gasteiger partial charge in [-0.15, -0.1) is 11.3 Å². The van der Waals surface area contributed by atoms with Crippen molar-refractivity contribution in [2.45, 2.75) is 25.4 Å². The Labute approximate surface area is 114 Å². The van der Waals surface area contributed by atoms with Crippen molar-refractivity contribution < 1.29 is 9.13 Å². The van der Waals surface area contributed by atoms with Crippen molar-refractivity contribution in [3.8, 4) is 11.8 Å². The summed E-state index contributed by atoms with van der Waals surface area (Å²) < 4.78 is 18.8. The van der Waals surface area contributed by atoms with Crippen LogP contribution in [0, 0.1) is 17.1 Å². The third kappa shape index (κ3) is 2.59. The lowest BCUT2D eigenvalue weighted by Gasteiger charge is -2.04. The highest BCUT2D eigenvalue weighted by molar-refractivity contribution is 7.12. The quantitative estimate of drug-likeness (QED) is 0.855. The van der Waals surface area contributed by atoms with E-state index in [2.05, 4.69) is 11.1 Å². The molecule has 1 fully saturated rings. The Morgan fingerprint density at radius 2 is 2.21 bits per heavy atom. The van der Waals surface area contributed by atoms with Crippen molar-refractivity contribution in [1.29, 1.82) is 5.26 Å². The normalized spacial score (nSPS) is 14.1. The first-order valence-electron chi connectivity index (χ1n) is 6.05. The molecule has 3 rings (SSSR count). The van der Waals surface area contributed by atoms with Crippen molar-refractivity contribution in [3.63, 3.8) is 0 Å². The molecule has 3 nitrogen and oxygen atoms in total. The van der Waals surface area contributed by atoms with Gasteiger partial charge in [0.2, 0.25) is 0 Å². The molecule has 0 saturated heterocycles. The molecule has 0 atom stereocenters. The lowest BCUT2D eigenvalue weighted by atomic mass is 10.3. The molecule has 1 aliphatic rings. The first kappa shape index (κ1) is 12.1. The molecule has 0 amide bonds. The van der Waals surface area contributed by atoms with Gasteiger partial charge in [0.15, 0.2) is 11.6 Å². The smallest absolute Gasteiger partial charge is 0.165 e. The van der Waals surface area contributed by atoms with Crippen molar-refractivity contribution in [3.05, 3.63) is 45.7 Å². The largest absolute Gasteiger partial charge is 0.483 e. The lowest BCUT2D eigenvalue weighted by Crippen LogP contribution is -1.97. The van der Waals surface area contributed by atoms with Crippen LogP contribution in [-0.4, -0.2) is 4.98 Å². The van der Waals surface area contributed by atoms with Crippen LogP contribution in [0.1, 0.15) is 34.3 Å². The number of nitrogens with zero attached hydrogens (tertiary/aromatic N) is 2. The Bertz CT molecular complexity index is 643. The Hall–Kier alpha value is -1.93. The molecule has 0 N–H and O–H groups in total. The second kappa shape index (κ2) is 4.98. The van der Waals surface area contributed by atoms with Crippen LogP contribution in [0.5, 0.6) is 5.75 Å². The van der Waals surface area contributed by atoms with Gasteiger partial charge >= 0.3 is 0 Å². The first-order chi connectivity index (χ1) is 9.28. The van der Waals surface area contributed by atoms with Gasteiger partial charge in [0.05, 0.1) is 5.69 Å². The number of thiazole rings is 1. The predicted octanol–water partition coefficient (Wildman–Crippen LogP) is 3.61. The fraction of sp³-hybridized carbons (Fsp3) is 0.286. The van der Waals surface area contributed by atoms with E-state index in [-0.39, 0.29) is 18.2 Å². The van der Waals surface area contributed by atoms with E-state index in [1.807, 2.05) is 0 Å². The van der Waals surface area contributed by atoms with Crippen LogP contribution in [0.15, 0.2) is 24.3 Å². The fourth-order valence-corrected chi connectivity index (χ4v) is 2.71. The SMILES string of the molecule is N#Cc1sc(COc2ccccc2F)nc1C1CC1. The van der Waals surface area contributed by atoms with Crippen LogP contribution in [0.2, 0.25) is 0 Å². The summed E-state index contributed by atoms with van der Waals surface area (Å²) in [6.45, 7) is 0.201. The Balaban J connectivity index is 1.74. The zero-order valence-corrected chi connectivity index (χ0v) is 10.9. The van der Waals surface area contributed by atoms with Gasteiger partial charge < -0.3 is 4.74 Å². The second-order valence-corrected chi connectivity index (χ2v) is 5.51. The second-order valence-electron chi connectivity index (χ2n) is 4.43. The van der Waals surface area contributed by atoms with E-state index in [1.54, 1.807) is 18.2 Å². The van der Waals surface area contributed by atoms with E-state index >= 15 is 0 Å². The Morgan fingerprint density at radius 3 is 2.89 bits per heavy atom. The molecular weight excluding hydrogens is 263 g/mol. The number of ether oxygens (including phenoxy) is 1. The zero-order chi connectivity index (χ0) is 13.2. The Morgan fingerprint density at radius 1 is 1.42 bits per heavy atom. The van der Waals surface area contributed by atoms with Crippen LogP contribution < -0.4 is 4.74 Å². The van der Waals surface area contributed by atoms with E-state index in [1.165, 1.54) is 17.4 Å². The third-order valence-electron chi connectivity index (χ3n) is 2.95. The molecule has 1 heterocycles. The van der Waals surface area contributed by atoms with Crippen LogP contribution in [0.4, 0.5) is 4.39 Å². The molecule has 0 spiro atoms. The van der Waals surface area contributed by atoms with E-state index < -0.39 is 0 Å². The highest BCUT2D eigenvalue weighted by atomic mass is 32.1. The van der Waals surface area contributed by atoms with Gasteiger partial charge in [0.1, 0.15) is 22.6 Å². The molecule has 96 valence electrons. The number of nitriles is 1. The molecule has 0 aliphatic heterocycles. The van der Waals surface area contributed by atoms with E-state index in [0.29, 0.717) is 10.8 Å². The van der Waals surface area contributed by atoms with Gasteiger partial charge in [0.25, 0.3) is 0 Å². The molecule has 0 unspecified atom stereocenters. The number of rotatable bonds is 4. The van der Waals surface area contributed by atoms with Gasteiger partial charge in [-0.1, -0.05) is 12.1 Å². The van der Waals surface area contributed by atoms with Crippen molar-refractivity contribution in [2.75, 3.05) is 0 Å².